The van der Waals surface area contributed by atoms with Crippen LogP contribution in [-0.2, 0) is 4.74 Å². The first-order valence-electron chi connectivity index (χ1n) is 10.1. The van der Waals surface area contributed by atoms with E-state index in [0.29, 0.717) is 0 Å². The van der Waals surface area contributed by atoms with Gasteiger partial charge in [-0.05, 0) is 55.7 Å². The van der Waals surface area contributed by atoms with E-state index in [0.717, 1.165) is 56.3 Å². The molecule has 0 unspecified atom stereocenters. The van der Waals surface area contributed by atoms with E-state index >= 15 is 0 Å². The smallest absolute Gasteiger partial charge is 0.253 e. The van der Waals surface area contributed by atoms with Gasteiger partial charge in [-0.3, -0.25) is 9.69 Å². The maximum absolute atomic E-state index is 13.1. The van der Waals surface area contributed by atoms with Crippen LogP contribution in [0.25, 0.3) is 0 Å². The second kappa shape index (κ2) is 8.33. The Morgan fingerprint density at radius 3 is 2.43 bits per heavy atom. The Balaban J connectivity index is 1.40. The fraction of sp³-hybridized carbons (Fsp3) is 0.435. The van der Waals surface area contributed by atoms with Gasteiger partial charge in [0.2, 0.25) is 0 Å². The van der Waals surface area contributed by atoms with Crippen molar-refractivity contribution in [3.63, 3.8) is 0 Å². The van der Waals surface area contributed by atoms with Crippen LogP contribution >= 0.6 is 0 Å². The van der Waals surface area contributed by atoms with E-state index in [9.17, 15) is 4.79 Å². The highest BCUT2D eigenvalue weighted by Gasteiger charge is 2.47. The number of hydrogen-bond acceptors (Lipinski definition) is 4. The number of para-hydroxylation sites is 1. The van der Waals surface area contributed by atoms with Gasteiger partial charge in [-0.15, -0.1) is 0 Å². The van der Waals surface area contributed by atoms with Crippen molar-refractivity contribution in [3.8, 4) is 11.5 Å². The summed E-state index contributed by atoms with van der Waals surface area (Å²) in [5.74, 6) is 1.65. The number of likely N-dealkylation sites (tertiary alicyclic amines) is 2. The summed E-state index contributed by atoms with van der Waals surface area (Å²) < 4.78 is 11.1. The minimum Gasteiger partial charge on any atom is -0.457 e. The van der Waals surface area contributed by atoms with Crippen LogP contribution in [0, 0.1) is 0 Å². The van der Waals surface area contributed by atoms with Gasteiger partial charge in [-0.2, -0.15) is 0 Å². The third-order valence-corrected chi connectivity index (χ3v) is 6.01. The van der Waals surface area contributed by atoms with Crippen LogP contribution in [0.1, 0.15) is 29.6 Å². The molecular formula is C23H28N2O3. The van der Waals surface area contributed by atoms with E-state index in [1.54, 1.807) is 7.11 Å². The highest BCUT2D eigenvalue weighted by atomic mass is 16.5. The van der Waals surface area contributed by atoms with Gasteiger partial charge < -0.3 is 14.4 Å². The van der Waals surface area contributed by atoms with Crippen molar-refractivity contribution in [2.24, 2.45) is 0 Å². The van der Waals surface area contributed by atoms with Gasteiger partial charge in [0, 0.05) is 44.4 Å². The van der Waals surface area contributed by atoms with Crippen molar-refractivity contribution in [2.45, 2.75) is 24.8 Å². The molecule has 1 atom stereocenters. The lowest BCUT2D eigenvalue weighted by Crippen LogP contribution is -2.67. The molecule has 0 saturated carbocycles. The molecule has 2 heterocycles. The first kappa shape index (κ1) is 19.0. The van der Waals surface area contributed by atoms with E-state index in [4.69, 9.17) is 9.47 Å². The third-order valence-electron chi connectivity index (χ3n) is 6.01. The molecule has 0 aromatic heterocycles. The summed E-state index contributed by atoms with van der Waals surface area (Å²) in [7, 11) is 1.74. The second-order valence-electron chi connectivity index (χ2n) is 7.72. The highest BCUT2D eigenvalue weighted by Crippen LogP contribution is 2.38. The number of carbonyl (C=O) groups is 1. The van der Waals surface area contributed by atoms with Crippen molar-refractivity contribution in [1.29, 1.82) is 0 Å². The summed E-state index contributed by atoms with van der Waals surface area (Å²) in [6.07, 6.45) is 3.40. The van der Waals surface area contributed by atoms with Crippen LogP contribution in [-0.4, -0.2) is 61.1 Å². The third kappa shape index (κ3) is 3.91. The predicted molar refractivity (Wildman–Crippen MR) is 109 cm³/mol. The largest absolute Gasteiger partial charge is 0.457 e. The first-order valence-corrected chi connectivity index (χ1v) is 10.1. The van der Waals surface area contributed by atoms with E-state index in [2.05, 4.69) is 4.90 Å². The van der Waals surface area contributed by atoms with Crippen LogP contribution in [0.3, 0.4) is 0 Å². The molecule has 2 aromatic carbocycles. The minimum atomic E-state index is 0.115. The lowest BCUT2D eigenvalue weighted by Gasteiger charge is -2.57. The minimum absolute atomic E-state index is 0.115. The number of methoxy groups -OCH3 is 1. The predicted octanol–water partition coefficient (Wildman–Crippen LogP) is 3.81. The molecule has 0 aliphatic carbocycles. The average Bonchev–Trinajstić information content (AvgIpc) is 2.74. The van der Waals surface area contributed by atoms with Crippen molar-refractivity contribution in [3.05, 3.63) is 60.2 Å². The number of carbonyl (C=O) groups excluding carboxylic acids is 1. The Hall–Kier alpha value is -2.37. The molecular weight excluding hydrogens is 352 g/mol. The number of amides is 1. The van der Waals surface area contributed by atoms with Gasteiger partial charge in [-0.25, -0.2) is 0 Å². The molecule has 148 valence electrons. The summed E-state index contributed by atoms with van der Waals surface area (Å²) in [6, 6.07) is 17.1. The molecule has 5 nitrogen and oxygen atoms in total. The maximum atomic E-state index is 13.1. The maximum Gasteiger partial charge on any atom is 0.253 e. The Morgan fingerprint density at radius 1 is 1.00 bits per heavy atom. The molecule has 2 aliphatic heterocycles. The molecule has 2 fully saturated rings. The zero-order chi connectivity index (χ0) is 19.4. The monoisotopic (exact) mass is 380 g/mol. The molecule has 28 heavy (non-hydrogen) atoms. The first-order chi connectivity index (χ1) is 13.7. The second-order valence-corrected chi connectivity index (χ2v) is 7.72. The average molecular weight is 380 g/mol. The number of nitrogens with zero attached hydrogens (tertiary/aromatic N) is 2. The molecule has 2 aliphatic rings. The van der Waals surface area contributed by atoms with Crippen LogP contribution in [0.4, 0.5) is 0 Å². The lowest BCUT2D eigenvalue weighted by molar-refractivity contribution is -0.0679. The Morgan fingerprint density at radius 2 is 1.75 bits per heavy atom. The summed E-state index contributed by atoms with van der Waals surface area (Å²) in [5.41, 5.74) is 0.878. The lowest BCUT2D eigenvalue weighted by atomic mass is 9.77. The van der Waals surface area contributed by atoms with E-state index in [1.165, 1.54) is 12.8 Å². The summed E-state index contributed by atoms with van der Waals surface area (Å²) in [5, 5.41) is 0. The van der Waals surface area contributed by atoms with Gasteiger partial charge in [0.1, 0.15) is 11.5 Å². The van der Waals surface area contributed by atoms with E-state index in [1.807, 2.05) is 59.5 Å². The van der Waals surface area contributed by atoms with Gasteiger partial charge in [0.05, 0.1) is 6.61 Å². The Kier molecular flexibility index (Phi) is 5.64. The molecule has 1 amide bonds. The van der Waals surface area contributed by atoms with Crippen LogP contribution in [0.5, 0.6) is 11.5 Å². The summed E-state index contributed by atoms with van der Waals surface area (Å²) in [6.45, 7) is 4.46. The van der Waals surface area contributed by atoms with Crippen molar-refractivity contribution in [2.75, 3.05) is 39.9 Å². The number of piperidine rings is 1. The number of rotatable bonds is 6. The molecule has 2 saturated heterocycles. The highest BCUT2D eigenvalue weighted by molar-refractivity contribution is 5.94. The fourth-order valence-corrected chi connectivity index (χ4v) is 4.36. The fourth-order valence-electron chi connectivity index (χ4n) is 4.36. The SMILES string of the molecule is COCCN1CC[C@]12CCCN(C(=O)c1ccc(Oc3ccccc3)cc1)C2. The van der Waals surface area contributed by atoms with Crippen molar-refractivity contribution in [1.82, 2.24) is 9.80 Å². The van der Waals surface area contributed by atoms with Gasteiger partial charge >= 0.3 is 0 Å². The number of ether oxygens (including phenoxy) is 2. The summed E-state index contributed by atoms with van der Waals surface area (Å²) >= 11 is 0. The van der Waals surface area contributed by atoms with Gasteiger partial charge in [0.25, 0.3) is 5.91 Å². The molecule has 4 rings (SSSR count). The number of benzene rings is 2. The quantitative estimate of drug-likeness (QED) is 0.764. The van der Waals surface area contributed by atoms with E-state index < -0.39 is 0 Å². The Labute approximate surface area is 166 Å². The normalized spacial score (nSPS) is 22.1. The molecule has 1 spiro atoms. The van der Waals surface area contributed by atoms with Crippen LogP contribution in [0.2, 0.25) is 0 Å². The molecule has 0 radical (unpaired) electrons. The van der Waals surface area contributed by atoms with Crippen LogP contribution < -0.4 is 4.74 Å². The van der Waals surface area contributed by atoms with Gasteiger partial charge in [-0.1, -0.05) is 18.2 Å². The zero-order valence-electron chi connectivity index (χ0n) is 16.5. The molecule has 5 heteroatoms. The topological polar surface area (TPSA) is 42.0 Å². The standard InChI is InChI=1S/C23H28N2O3/c1-27-17-16-25-15-13-23(25)12-5-14-24(18-23)22(26)19-8-10-21(11-9-19)28-20-6-3-2-4-7-20/h2-4,6-11H,5,12-18H2,1H3/t23-/m0/s1. The summed E-state index contributed by atoms with van der Waals surface area (Å²) in [4.78, 5) is 17.6. The van der Waals surface area contributed by atoms with Crippen LogP contribution in [0.15, 0.2) is 54.6 Å². The Bertz CT molecular complexity index is 793. The van der Waals surface area contributed by atoms with Gasteiger partial charge in [0.15, 0.2) is 0 Å². The van der Waals surface area contributed by atoms with E-state index in [-0.39, 0.29) is 11.4 Å². The number of hydrogen-bond donors (Lipinski definition) is 0. The molecule has 0 N–H and O–H groups in total. The van der Waals surface area contributed by atoms with Crippen molar-refractivity contribution < 1.29 is 14.3 Å². The molecule has 2 aromatic rings. The van der Waals surface area contributed by atoms with Crippen molar-refractivity contribution >= 4 is 5.91 Å². The molecule has 0 bridgehead atoms. The zero-order valence-corrected chi connectivity index (χ0v) is 16.5.